The maximum atomic E-state index is 13.4. The number of nitrogens with zero attached hydrogens (tertiary/aromatic N) is 2. The Morgan fingerprint density at radius 2 is 2.12 bits per heavy atom. The quantitative estimate of drug-likeness (QED) is 0.882. The Kier molecular flexibility index (Phi) is 5.06. The molecule has 3 rings (SSSR count). The van der Waals surface area contributed by atoms with E-state index in [1.54, 1.807) is 4.90 Å². The number of halogens is 2. The lowest BCUT2D eigenvalue weighted by atomic mass is 10.1. The SMILES string of the molecule is O=C1NCCN(Cc2ccc(F)c(F)c2)[C@@H]1CC(=O)N1CCCO1. The molecule has 6 nitrogen and oxygen atoms in total. The number of piperazine rings is 1. The highest BCUT2D eigenvalue weighted by Gasteiger charge is 2.34. The molecule has 130 valence electrons. The first-order chi connectivity index (χ1) is 11.5. The van der Waals surface area contributed by atoms with Gasteiger partial charge < -0.3 is 5.32 Å². The van der Waals surface area contributed by atoms with Crippen LogP contribution < -0.4 is 5.32 Å². The first-order valence-corrected chi connectivity index (χ1v) is 7.93. The van der Waals surface area contributed by atoms with E-state index in [0.29, 0.717) is 31.8 Å². The van der Waals surface area contributed by atoms with Gasteiger partial charge >= 0.3 is 0 Å². The molecule has 1 aromatic carbocycles. The molecule has 1 N–H and O–H groups in total. The smallest absolute Gasteiger partial charge is 0.248 e. The predicted molar refractivity (Wildman–Crippen MR) is 80.5 cm³/mol. The van der Waals surface area contributed by atoms with Crippen LogP contribution in [0.4, 0.5) is 8.78 Å². The molecule has 0 unspecified atom stereocenters. The molecule has 0 aliphatic carbocycles. The van der Waals surface area contributed by atoms with Crippen molar-refractivity contribution in [1.82, 2.24) is 15.3 Å². The van der Waals surface area contributed by atoms with Gasteiger partial charge in [0.25, 0.3) is 0 Å². The van der Waals surface area contributed by atoms with Gasteiger partial charge in [-0.2, -0.15) is 0 Å². The highest BCUT2D eigenvalue weighted by atomic mass is 19.2. The standard InChI is InChI=1S/C16H19F2N3O3/c17-12-3-2-11(8-13(12)18)10-20-6-4-19-16(23)14(20)9-15(22)21-5-1-7-24-21/h2-3,8,14H,1,4-7,9-10H2,(H,19,23)/t14-/m1/s1. The molecular formula is C16H19F2N3O3. The van der Waals surface area contributed by atoms with Crippen LogP contribution in [0.2, 0.25) is 0 Å². The topological polar surface area (TPSA) is 61.9 Å². The van der Waals surface area contributed by atoms with Crippen LogP contribution >= 0.6 is 0 Å². The molecule has 8 heteroatoms. The van der Waals surface area contributed by atoms with Crippen molar-refractivity contribution in [2.45, 2.75) is 25.4 Å². The fourth-order valence-electron chi connectivity index (χ4n) is 2.96. The molecule has 24 heavy (non-hydrogen) atoms. The third kappa shape index (κ3) is 3.70. The van der Waals surface area contributed by atoms with Gasteiger partial charge in [0.1, 0.15) is 0 Å². The lowest BCUT2D eigenvalue weighted by molar-refractivity contribution is -0.171. The Balaban J connectivity index is 1.70. The Morgan fingerprint density at radius 3 is 2.83 bits per heavy atom. The van der Waals surface area contributed by atoms with Crippen molar-refractivity contribution in [3.05, 3.63) is 35.4 Å². The Bertz CT molecular complexity index is 635. The second kappa shape index (κ2) is 7.23. The predicted octanol–water partition coefficient (Wildman–Crippen LogP) is 0.819. The molecule has 2 saturated heterocycles. The van der Waals surface area contributed by atoms with Crippen molar-refractivity contribution in [1.29, 1.82) is 0 Å². The molecule has 2 aliphatic rings. The minimum atomic E-state index is -0.924. The summed E-state index contributed by atoms with van der Waals surface area (Å²) in [6, 6.07) is 3.01. The van der Waals surface area contributed by atoms with Crippen molar-refractivity contribution in [2.75, 3.05) is 26.2 Å². The third-order valence-corrected chi connectivity index (χ3v) is 4.21. The summed E-state index contributed by atoms with van der Waals surface area (Å²) in [5, 5.41) is 4.03. The normalized spacial score (nSPS) is 21.8. The van der Waals surface area contributed by atoms with Crippen LogP contribution in [-0.2, 0) is 21.0 Å². The van der Waals surface area contributed by atoms with Gasteiger partial charge in [0, 0.05) is 19.6 Å². The number of nitrogens with one attached hydrogen (secondary N) is 1. The summed E-state index contributed by atoms with van der Waals surface area (Å²) in [5.41, 5.74) is 0.554. The molecule has 0 bridgehead atoms. The Morgan fingerprint density at radius 1 is 1.29 bits per heavy atom. The van der Waals surface area contributed by atoms with E-state index in [-0.39, 0.29) is 24.8 Å². The van der Waals surface area contributed by atoms with Crippen molar-refractivity contribution in [3.63, 3.8) is 0 Å². The van der Waals surface area contributed by atoms with Crippen LogP contribution in [-0.4, -0.2) is 54.1 Å². The van der Waals surface area contributed by atoms with E-state index in [1.165, 1.54) is 11.1 Å². The van der Waals surface area contributed by atoms with Gasteiger partial charge in [-0.05, 0) is 24.1 Å². The van der Waals surface area contributed by atoms with E-state index in [9.17, 15) is 18.4 Å². The van der Waals surface area contributed by atoms with Crippen LogP contribution in [0.3, 0.4) is 0 Å². The Labute approximate surface area is 138 Å². The van der Waals surface area contributed by atoms with Gasteiger partial charge in [-0.3, -0.25) is 19.3 Å². The number of amides is 2. The molecule has 0 radical (unpaired) electrons. The van der Waals surface area contributed by atoms with Crippen molar-refractivity contribution in [3.8, 4) is 0 Å². The van der Waals surface area contributed by atoms with Crippen molar-refractivity contribution < 1.29 is 23.2 Å². The molecule has 2 amide bonds. The van der Waals surface area contributed by atoms with E-state index in [4.69, 9.17) is 4.84 Å². The molecule has 2 fully saturated rings. The average molecular weight is 339 g/mol. The monoisotopic (exact) mass is 339 g/mol. The number of benzene rings is 1. The zero-order valence-electron chi connectivity index (χ0n) is 13.1. The van der Waals surface area contributed by atoms with Crippen LogP contribution in [0, 0.1) is 11.6 Å². The van der Waals surface area contributed by atoms with Crippen LogP contribution in [0.15, 0.2) is 18.2 Å². The summed E-state index contributed by atoms with van der Waals surface area (Å²) in [4.78, 5) is 31.4. The number of hydrogen-bond acceptors (Lipinski definition) is 4. The van der Waals surface area contributed by atoms with E-state index in [2.05, 4.69) is 5.32 Å². The van der Waals surface area contributed by atoms with Crippen LogP contribution in [0.25, 0.3) is 0 Å². The summed E-state index contributed by atoms with van der Waals surface area (Å²) in [5.74, 6) is -2.32. The van der Waals surface area contributed by atoms with E-state index < -0.39 is 17.7 Å². The van der Waals surface area contributed by atoms with Gasteiger partial charge in [0.05, 0.1) is 25.6 Å². The van der Waals surface area contributed by atoms with E-state index in [0.717, 1.165) is 18.6 Å². The number of hydroxylamine groups is 2. The maximum absolute atomic E-state index is 13.4. The summed E-state index contributed by atoms with van der Waals surface area (Å²) >= 11 is 0. The average Bonchev–Trinajstić information content (AvgIpc) is 3.09. The molecular weight excluding hydrogens is 320 g/mol. The second-order valence-electron chi connectivity index (χ2n) is 5.91. The van der Waals surface area contributed by atoms with Crippen molar-refractivity contribution in [2.24, 2.45) is 0 Å². The van der Waals surface area contributed by atoms with Crippen LogP contribution in [0.1, 0.15) is 18.4 Å². The highest BCUT2D eigenvalue weighted by Crippen LogP contribution is 2.18. The van der Waals surface area contributed by atoms with Gasteiger partial charge in [0.2, 0.25) is 11.8 Å². The van der Waals surface area contributed by atoms with Crippen molar-refractivity contribution >= 4 is 11.8 Å². The van der Waals surface area contributed by atoms with E-state index in [1.807, 2.05) is 0 Å². The van der Waals surface area contributed by atoms with Gasteiger partial charge in [0.15, 0.2) is 11.6 Å². The fraction of sp³-hybridized carbons (Fsp3) is 0.500. The summed E-state index contributed by atoms with van der Waals surface area (Å²) in [6.45, 7) is 2.28. The second-order valence-corrected chi connectivity index (χ2v) is 5.91. The number of hydrogen-bond donors (Lipinski definition) is 1. The molecule has 2 heterocycles. The van der Waals surface area contributed by atoms with Gasteiger partial charge in [-0.1, -0.05) is 6.07 Å². The number of carbonyl (C=O) groups excluding carboxylic acids is 2. The molecule has 0 saturated carbocycles. The zero-order chi connectivity index (χ0) is 17.1. The molecule has 1 aromatic rings. The summed E-state index contributed by atoms with van der Waals surface area (Å²) < 4.78 is 26.4. The lowest BCUT2D eigenvalue weighted by Crippen LogP contribution is -2.56. The zero-order valence-corrected chi connectivity index (χ0v) is 13.1. The van der Waals surface area contributed by atoms with E-state index >= 15 is 0 Å². The highest BCUT2D eigenvalue weighted by molar-refractivity contribution is 5.88. The minimum Gasteiger partial charge on any atom is -0.353 e. The number of carbonyl (C=O) groups is 2. The van der Waals surface area contributed by atoms with Gasteiger partial charge in [-0.15, -0.1) is 0 Å². The molecule has 1 atom stereocenters. The summed E-state index contributed by atoms with van der Waals surface area (Å²) in [7, 11) is 0. The first kappa shape index (κ1) is 16.8. The third-order valence-electron chi connectivity index (χ3n) is 4.21. The molecule has 0 spiro atoms. The fourth-order valence-corrected chi connectivity index (χ4v) is 2.96. The van der Waals surface area contributed by atoms with Crippen LogP contribution in [0.5, 0.6) is 0 Å². The maximum Gasteiger partial charge on any atom is 0.248 e. The molecule has 2 aliphatic heterocycles. The lowest BCUT2D eigenvalue weighted by Gasteiger charge is -2.35. The molecule has 0 aromatic heterocycles. The van der Waals surface area contributed by atoms with Gasteiger partial charge in [-0.25, -0.2) is 13.8 Å². The largest absolute Gasteiger partial charge is 0.353 e. The minimum absolute atomic E-state index is 0.00445. The number of rotatable bonds is 4. The first-order valence-electron chi connectivity index (χ1n) is 7.93. The Hall–Kier alpha value is -2.06. The summed E-state index contributed by atoms with van der Waals surface area (Å²) in [6.07, 6.45) is 0.774.